The summed E-state index contributed by atoms with van der Waals surface area (Å²) in [6.45, 7) is 8.97. The molecule has 0 atom stereocenters. The Hall–Kier alpha value is -2.93. The first-order valence-corrected chi connectivity index (χ1v) is 9.94. The van der Waals surface area contributed by atoms with Crippen LogP contribution in [0.4, 0.5) is 0 Å². The quantitative estimate of drug-likeness (QED) is 0.352. The largest absolute Gasteiger partial charge is 0.220 e. The van der Waals surface area contributed by atoms with Crippen LogP contribution in [0, 0.1) is 6.92 Å². The van der Waals surface area contributed by atoms with Gasteiger partial charge in [0, 0.05) is 6.07 Å². The lowest BCUT2D eigenvalue weighted by molar-refractivity contribution is -0.659. The Morgan fingerprint density at radius 1 is 0.750 bits per heavy atom. The Bertz CT molecular complexity index is 1150. The fourth-order valence-electron chi connectivity index (χ4n) is 3.87. The summed E-state index contributed by atoms with van der Waals surface area (Å²) in [6.07, 6.45) is 2.15. The van der Waals surface area contributed by atoms with E-state index >= 15 is 0 Å². The summed E-state index contributed by atoms with van der Waals surface area (Å²) in [5.41, 5.74) is 7.91. The van der Waals surface area contributed by atoms with E-state index in [1.54, 1.807) is 0 Å². The molecule has 0 aliphatic heterocycles. The summed E-state index contributed by atoms with van der Waals surface area (Å²) in [6, 6.07) is 26.6. The molecule has 0 amide bonds. The number of pyridine rings is 1. The predicted octanol–water partition coefficient (Wildman–Crippen LogP) is 6.60. The molecule has 140 valence electrons. The molecular formula is C27H28N+. The van der Waals surface area contributed by atoms with Crippen LogP contribution >= 0.6 is 0 Å². The smallest absolute Gasteiger partial charge is 0.200 e. The van der Waals surface area contributed by atoms with Crippen LogP contribution in [0.25, 0.3) is 33.2 Å². The van der Waals surface area contributed by atoms with E-state index in [1.165, 1.54) is 44.3 Å². The van der Waals surface area contributed by atoms with Gasteiger partial charge in [-0.15, -0.1) is 0 Å². The molecule has 0 fully saturated rings. The summed E-state index contributed by atoms with van der Waals surface area (Å²) in [5, 5.41) is 2.56. The molecule has 0 aliphatic rings. The van der Waals surface area contributed by atoms with Crippen molar-refractivity contribution in [3.63, 3.8) is 0 Å². The molecule has 1 heterocycles. The predicted molar refractivity (Wildman–Crippen MR) is 119 cm³/mol. The number of aromatic nitrogens is 1. The van der Waals surface area contributed by atoms with Crippen LogP contribution in [0.5, 0.6) is 0 Å². The molecule has 28 heavy (non-hydrogen) atoms. The van der Waals surface area contributed by atoms with Gasteiger partial charge in [0.1, 0.15) is 7.05 Å². The standard InChI is InChI=1S/C27H28N/c1-19-10-11-22(20-12-14-23(15-13-20)27(2,3)4)18-25(19)26-24-9-7-6-8-21(24)16-17-28(26)5/h6-18H,1-5H3/q+1. The molecule has 0 saturated carbocycles. The van der Waals surface area contributed by atoms with E-state index in [4.69, 9.17) is 0 Å². The van der Waals surface area contributed by atoms with Gasteiger partial charge >= 0.3 is 0 Å². The zero-order chi connectivity index (χ0) is 19.9. The third kappa shape index (κ3) is 3.33. The number of hydrogen-bond acceptors (Lipinski definition) is 0. The second-order valence-corrected chi connectivity index (χ2v) is 8.72. The van der Waals surface area contributed by atoms with Crippen molar-refractivity contribution in [1.82, 2.24) is 0 Å². The van der Waals surface area contributed by atoms with E-state index < -0.39 is 0 Å². The molecule has 1 aromatic heterocycles. The van der Waals surface area contributed by atoms with E-state index in [0.29, 0.717) is 0 Å². The average molecular weight is 367 g/mol. The summed E-state index contributed by atoms with van der Waals surface area (Å²) in [7, 11) is 2.13. The highest BCUT2D eigenvalue weighted by Gasteiger charge is 2.18. The van der Waals surface area contributed by atoms with Crippen molar-refractivity contribution in [1.29, 1.82) is 0 Å². The topological polar surface area (TPSA) is 3.88 Å². The highest BCUT2D eigenvalue weighted by atomic mass is 14.9. The van der Waals surface area contributed by atoms with Crippen LogP contribution in [0.1, 0.15) is 31.9 Å². The minimum absolute atomic E-state index is 0.174. The van der Waals surface area contributed by atoms with Gasteiger partial charge in [-0.2, -0.15) is 0 Å². The Kier molecular flexibility index (Phi) is 4.55. The van der Waals surface area contributed by atoms with E-state index in [9.17, 15) is 0 Å². The minimum Gasteiger partial charge on any atom is -0.200 e. The van der Waals surface area contributed by atoms with E-state index in [2.05, 4.69) is 118 Å². The molecule has 0 spiro atoms. The van der Waals surface area contributed by atoms with Crippen molar-refractivity contribution < 1.29 is 4.57 Å². The third-order valence-electron chi connectivity index (χ3n) is 5.62. The molecule has 1 nitrogen and oxygen atoms in total. The van der Waals surface area contributed by atoms with Crippen LogP contribution in [0.2, 0.25) is 0 Å². The lowest BCUT2D eigenvalue weighted by atomic mass is 9.86. The highest BCUT2D eigenvalue weighted by molar-refractivity contribution is 5.94. The summed E-state index contributed by atoms with van der Waals surface area (Å²) < 4.78 is 2.23. The maximum atomic E-state index is 2.34. The maximum Gasteiger partial charge on any atom is 0.220 e. The monoisotopic (exact) mass is 366 g/mol. The summed E-state index contributed by atoms with van der Waals surface area (Å²) in [5.74, 6) is 0. The zero-order valence-corrected chi connectivity index (χ0v) is 17.5. The fraction of sp³-hybridized carbons (Fsp3) is 0.222. The van der Waals surface area contributed by atoms with Crippen LogP contribution in [0.15, 0.2) is 79.0 Å². The van der Waals surface area contributed by atoms with Gasteiger partial charge in [-0.3, -0.25) is 0 Å². The van der Waals surface area contributed by atoms with Gasteiger partial charge in [-0.1, -0.05) is 75.4 Å². The minimum atomic E-state index is 0.174. The number of aryl methyl sites for hydroxylation is 2. The number of fused-ring (bicyclic) bond motifs is 1. The molecule has 3 aromatic carbocycles. The molecule has 0 aliphatic carbocycles. The first-order chi connectivity index (χ1) is 13.3. The van der Waals surface area contributed by atoms with E-state index in [0.717, 1.165) is 0 Å². The van der Waals surface area contributed by atoms with Crippen molar-refractivity contribution >= 4 is 10.8 Å². The molecule has 4 aromatic rings. The lowest BCUT2D eigenvalue weighted by Crippen LogP contribution is -2.30. The Morgan fingerprint density at radius 2 is 1.43 bits per heavy atom. The second kappa shape index (κ2) is 6.91. The first kappa shape index (κ1) is 18.4. The maximum absolute atomic E-state index is 2.34. The van der Waals surface area contributed by atoms with Gasteiger partial charge in [0.25, 0.3) is 0 Å². The Labute approximate surface area is 168 Å². The molecule has 0 N–H and O–H groups in total. The fourth-order valence-corrected chi connectivity index (χ4v) is 3.87. The molecular weight excluding hydrogens is 338 g/mol. The molecule has 0 unspecified atom stereocenters. The normalized spacial score (nSPS) is 11.8. The van der Waals surface area contributed by atoms with Gasteiger partial charge in [0.15, 0.2) is 6.20 Å². The van der Waals surface area contributed by atoms with Crippen LogP contribution in [0.3, 0.4) is 0 Å². The van der Waals surface area contributed by atoms with Crippen LogP contribution in [-0.4, -0.2) is 0 Å². The Morgan fingerprint density at radius 3 is 2.14 bits per heavy atom. The number of hydrogen-bond donors (Lipinski definition) is 0. The van der Waals surface area contributed by atoms with Crippen molar-refractivity contribution in [2.45, 2.75) is 33.1 Å². The molecule has 0 radical (unpaired) electrons. The third-order valence-corrected chi connectivity index (χ3v) is 5.62. The van der Waals surface area contributed by atoms with Crippen molar-refractivity contribution in [2.24, 2.45) is 7.05 Å². The average Bonchev–Trinajstić information content (AvgIpc) is 2.68. The van der Waals surface area contributed by atoms with Gasteiger partial charge < -0.3 is 0 Å². The molecule has 4 rings (SSSR count). The van der Waals surface area contributed by atoms with Gasteiger partial charge in [-0.25, -0.2) is 4.57 Å². The summed E-state index contributed by atoms with van der Waals surface area (Å²) in [4.78, 5) is 0. The highest BCUT2D eigenvalue weighted by Crippen LogP contribution is 2.32. The molecule has 0 bridgehead atoms. The number of nitrogens with zero attached hydrogens (tertiary/aromatic N) is 1. The van der Waals surface area contributed by atoms with E-state index in [-0.39, 0.29) is 5.41 Å². The van der Waals surface area contributed by atoms with Crippen molar-refractivity contribution in [3.05, 3.63) is 90.1 Å². The van der Waals surface area contributed by atoms with Gasteiger partial charge in [0.2, 0.25) is 5.69 Å². The second-order valence-electron chi connectivity index (χ2n) is 8.72. The van der Waals surface area contributed by atoms with E-state index in [1.807, 2.05) is 0 Å². The van der Waals surface area contributed by atoms with Crippen LogP contribution < -0.4 is 4.57 Å². The van der Waals surface area contributed by atoms with Crippen molar-refractivity contribution in [2.75, 3.05) is 0 Å². The van der Waals surface area contributed by atoms with Gasteiger partial charge in [-0.05, 0) is 52.1 Å². The number of benzene rings is 3. The summed E-state index contributed by atoms with van der Waals surface area (Å²) >= 11 is 0. The first-order valence-electron chi connectivity index (χ1n) is 9.94. The van der Waals surface area contributed by atoms with Crippen LogP contribution in [-0.2, 0) is 12.5 Å². The zero-order valence-electron chi connectivity index (χ0n) is 17.5. The molecule has 0 saturated heterocycles. The molecule has 1 heteroatoms. The van der Waals surface area contributed by atoms with Gasteiger partial charge in [0.05, 0.1) is 10.9 Å². The lowest BCUT2D eigenvalue weighted by Gasteiger charge is -2.19. The SMILES string of the molecule is Cc1ccc(-c2ccc(C(C)(C)C)cc2)cc1-c1c2ccccc2cc[n+]1C. The number of rotatable bonds is 2. The Balaban J connectivity index is 1.87. The van der Waals surface area contributed by atoms with Crippen molar-refractivity contribution in [3.8, 4) is 22.4 Å².